The highest BCUT2D eigenvalue weighted by atomic mass is 35.5. The van der Waals surface area contributed by atoms with Gasteiger partial charge in [0.05, 0.1) is 43.9 Å². The van der Waals surface area contributed by atoms with Crippen molar-refractivity contribution in [3.63, 3.8) is 0 Å². The second-order valence-electron chi connectivity index (χ2n) is 16.2. The monoisotopic (exact) mass is 913 g/mol. The molecule has 12 nitrogen and oxygen atoms in total. The molecular formula is C40H42ClF6N7O5S2. The van der Waals surface area contributed by atoms with E-state index in [9.17, 15) is 48.0 Å². The maximum atomic E-state index is 14.7. The Morgan fingerprint density at radius 1 is 0.918 bits per heavy atom. The summed E-state index contributed by atoms with van der Waals surface area (Å²) in [5.74, 6) is -3.51. The lowest BCUT2D eigenvalue weighted by molar-refractivity contribution is -0.122. The number of fused-ring (bicyclic) bond motifs is 1. The van der Waals surface area contributed by atoms with Crippen molar-refractivity contribution in [2.45, 2.75) is 100 Å². The standard InChI is InChI=1S/C40H42ClF6N7O5S2/c1-40(2,61(58,59)25-8-9-25)14-13-24-7-10-26(27-11-12-28(41)32-35(27)53(3)51-39(32)52-60(4,56)57)33(48-24)29(17-20-15-22(42)18-23(43)16-20)49-30(55)19-54-36(38(46)47)31(21-5-6-21)34(50-54)37(44)45/h7,10-12,15-16,18,21,25,29,37-38H,5-6,8-9,13-14,17,19H2,1-4H3,(H,49,55)(H,51,52)/t29-/m0/s1. The molecule has 2 N–H and O–H groups in total. The van der Waals surface area contributed by atoms with Crippen molar-refractivity contribution in [3.8, 4) is 11.1 Å². The maximum absolute atomic E-state index is 14.7. The molecule has 61 heavy (non-hydrogen) atoms. The second-order valence-corrected chi connectivity index (χ2v) is 21.2. The van der Waals surface area contributed by atoms with Crippen molar-refractivity contribution >= 4 is 54.1 Å². The van der Waals surface area contributed by atoms with E-state index < -0.39 is 90.1 Å². The summed E-state index contributed by atoms with van der Waals surface area (Å²) in [6.45, 7) is 2.32. The van der Waals surface area contributed by atoms with Crippen LogP contribution in [0.2, 0.25) is 5.02 Å². The first-order valence-corrected chi connectivity index (χ1v) is 23.1. The minimum atomic E-state index is -3.85. The molecule has 3 heterocycles. The summed E-state index contributed by atoms with van der Waals surface area (Å²) in [7, 11) is -5.82. The average Bonchev–Trinajstić information content (AvgIpc) is 4.09. The molecule has 2 saturated carbocycles. The van der Waals surface area contributed by atoms with Crippen LogP contribution in [0.5, 0.6) is 0 Å². The van der Waals surface area contributed by atoms with E-state index in [1.807, 2.05) is 0 Å². The van der Waals surface area contributed by atoms with Gasteiger partial charge in [0.15, 0.2) is 15.7 Å². The molecule has 1 atom stereocenters. The first kappa shape index (κ1) is 44.4. The van der Waals surface area contributed by atoms with Crippen LogP contribution in [-0.2, 0) is 51.1 Å². The quantitative estimate of drug-likeness (QED) is 0.0883. The minimum absolute atomic E-state index is 0.0439. The third-order valence-electron chi connectivity index (χ3n) is 11.0. The van der Waals surface area contributed by atoms with Gasteiger partial charge in [-0.2, -0.15) is 10.2 Å². The molecular weight excluding hydrogens is 872 g/mol. The smallest absolute Gasteiger partial charge is 0.282 e. The summed E-state index contributed by atoms with van der Waals surface area (Å²) in [5, 5.41) is 10.7. The third kappa shape index (κ3) is 9.40. The number of carbonyl (C=O) groups is 1. The average molecular weight is 914 g/mol. The number of aromatic nitrogens is 5. The number of pyridine rings is 1. The molecule has 2 aromatic carbocycles. The van der Waals surface area contributed by atoms with E-state index >= 15 is 0 Å². The Bertz CT molecular complexity index is 2730. The number of halogens is 7. The van der Waals surface area contributed by atoms with E-state index in [2.05, 4.69) is 20.2 Å². The number of aryl methyl sites for hydroxylation is 2. The molecule has 3 aromatic heterocycles. The Balaban J connectivity index is 1.37. The van der Waals surface area contributed by atoms with E-state index in [-0.39, 0.29) is 57.9 Å². The summed E-state index contributed by atoms with van der Waals surface area (Å²) >= 11 is 6.62. The van der Waals surface area contributed by atoms with Crippen LogP contribution in [0, 0.1) is 11.6 Å². The van der Waals surface area contributed by atoms with Gasteiger partial charge in [0, 0.05) is 35.5 Å². The highest BCUT2D eigenvalue weighted by Crippen LogP contribution is 2.48. The molecule has 0 aliphatic heterocycles. The normalized spacial score (nSPS) is 15.6. The zero-order valence-electron chi connectivity index (χ0n) is 33.3. The van der Waals surface area contributed by atoms with Crippen molar-refractivity contribution in [2.24, 2.45) is 7.05 Å². The number of nitrogens with one attached hydrogen (secondary N) is 2. The molecule has 0 unspecified atom stereocenters. The number of amides is 1. The number of hydrogen-bond acceptors (Lipinski definition) is 8. The number of carbonyl (C=O) groups excluding carboxylic acids is 1. The Morgan fingerprint density at radius 2 is 1.57 bits per heavy atom. The lowest BCUT2D eigenvalue weighted by Gasteiger charge is -2.26. The molecule has 5 aromatic rings. The van der Waals surface area contributed by atoms with Crippen LogP contribution in [0.25, 0.3) is 22.0 Å². The van der Waals surface area contributed by atoms with Crippen LogP contribution in [0.3, 0.4) is 0 Å². The molecule has 0 saturated heterocycles. The number of hydrogen-bond donors (Lipinski definition) is 2. The summed E-state index contributed by atoms with van der Waals surface area (Å²) in [5.41, 5.74) is -0.514. The number of nitrogens with zero attached hydrogens (tertiary/aromatic N) is 5. The molecule has 0 radical (unpaired) electrons. The van der Waals surface area contributed by atoms with Gasteiger partial charge in [0.25, 0.3) is 12.9 Å². The highest BCUT2D eigenvalue weighted by molar-refractivity contribution is 7.93. The van der Waals surface area contributed by atoms with Crippen LogP contribution < -0.4 is 10.0 Å². The Labute approximate surface area is 353 Å². The molecule has 0 spiro atoms. The van der Waals surface area contributed by atoms with Crippen LogP contribution in [0.1, 0.15) is 105 Å². The van der Waals surface area contributed by atoms with E-state index in [0.29, 0.717) is 53.2 Å². The number of anilines is 1. The lowest BCUT2D eigenvalue weighted by Crippen LogP contribution is -2.35. The van der Waals surface area contributed by atoms with Crippen molar-refractivity contribution in [2.75, 3.05) is 11.0 Å². The molecule has 0 bridgehead atoms. The summed E-state index contributed by atoms with van der Waals surface area (Å²) in [4.78, 5) is 19.0. The zero-order valence-corrected chi connectivity index (χ0v) is 35.7. The van der Waals surface area contributed by atoms with E-state index in [4.69, 9.17) is 16.6 Å². The number of alkyl halides is 4. The summed E-state index contributed by atoms with van der Waals surface area (Å²) in [6, 6.07) is 7.72. The molecule has 2 fully saturated rings. The van der Waals surface area contributed by atoms with Gasteiger partial charge in [-0.3, -0.25) is 23.9 Å². The van der Waals surface area contributed by atoms with E-state index in [1.54, 1.807) is 32.0 Å². The van der Waals surface area contributed by atoms with Gasteiger partial charge in [-0.1, -0.05) is 23.7 Å². The van der Waals surface area contributed by atoms with Crippen LogP contribution in [0.15, 0.2) is 42.5 Å². The predicted molar refractivity (Wildman–Crippen MR) is 217 cm³/mol. The molecule has 7 rings (SSSR count). The lowest BCUT2D eigenvalue weighted by atomic mass is 9.93. The van der Waals surface area contributed by atoms with E-state index in [0.717, 1.165) is 18.4 Å². The van der Waals surface area contributed by atoms with Crippen LogP contribution in [-0.4, -0.2) is 63.5 Å². The van der Waals surface area contributed by atoms with Gasteiger partial charge >= 0.3 is 0 Å². The number of sulfone groups is 1. The Hall–Kier alpha value is -4.69. The fraction of sp³-hybridized carbons (Fsp3) is 0.450. The van der Waals surface area contributed by atoms with Gasteiger partial charge in [-0.15, -0.1) is 0 Å². The second kappa shape index (κ2) is 16.5. The number of benzene rings is 2. The summed E-state index contributed by atoms with van der Waals surface area (Å²) in [6.07, 6.45) is -3.65. The van der Waals surface area contributed by atoms with Crippen molar-refractivity contribution in [3.05, 3.63) is 93.0 Å². The van der Waals surface area contributed by atoms with Crippen molar-refractivity contribution in [1.82, 2.24) is 29.9 Å². The number of sulfonamides is 1. The third-order valence-corrected chi connectivity index (χ3v) is 15.0. The molecule has 2 aliphatic rings. The van der Waals surface area contributed by atoms with Gasteiger partial charge in [-0.25, -0.2) is 43.2 Å². The minimum Gasteiger partial charge on any atom is -0.346 e. The van der Waals surface area contributed by atoms with Crippen molar-refractivity contribution < 1.29 is 48.0 Å². The largest absolute Gasteiger partial charge is 0.346 e. The predicted octanol–water partition coefficient (Wildman–Crippen LogP) is 8.28. The molecule has 2 aliphatic carbocycles. The van der Waals surface area contributed by atoms with Gasteiger partial charge in [-0.05, 0) is 94.5 Å². The molecule has 21 heteroatoms. The molecule has 1 amide bonds. The molecule has 328 valence electrons. The van der Waals surface area contributed by atoms with Crippen LogP contribution in [0.4, 0.5) is 32.2 Å². The van der Waals surface area contributed by atoms with Gasteiger partial charge in [0.2, 0.25) is 15.9 Å². The topological polar surface area (TPSA) is 158 Å². The van der Waals surface area contributed by atoms with Crippen LogP contribution >= 0.6 is 11.6 Å². The van der Waals surface area contributed by atoms with Gasteiger partial charge in [0.1, 0.15) is 29.6 Å². The maximum Gasteiger partial charge on any atom is 0.282 e. The Morgan fingerprint density at radius 3 is 2.16 bits per heavy atom. The highest BCUT2D eigenvalue weighted by Gasteiger charge is 2.46. The first-order valence-electron chi connectivity index (χ1n) is 19.3. The number of rotatable bonds is 17. The summed E-state index contributed by atoms with van der Waals surface area (Å²) < 4.78 is 141. The fourth-order valence-corrected chi connectivity index (χ4v) is 10.5. The fourth-order valence-electron chi connectivity index (χ4n) is 7.76. The van der Waals surface area contributed by atoms with Gasteiger partial charge < -0.3 is 5.32 Å². The SMILES string of the molecule is Cn1nc(NS(C)(=O)=O)c2c(Cl)ccc(-c3ccc(CCC(C)(C)S(=O)(=O)C4CC4)nc3[C@H](Cc3cc(F)cc(F)c3)NC(=O)Cn3nc(C(F)F)c(C4CC4)c3C(F)F)c21. The Kier molecular flexibility index (Phi) is 12.0. The van der Waals surface area contributed by atoms with E-state index in [1.165, 1.54) is 17.8 Å². The van der Waals surface area contributed by atoms with Crippen molar-refractivity contribution in [1.29, 1.82) is 0 Å². The zero-order chi connectivity index (χ0) is 44.3. The first-order chi connectivity index (χ1) is 28.5.